The van der Waals surface area contributed by atoms with Crippen LogP contribution in [0.1, 0.15) is 63.3 Å². The molecule has 0 bridgehead atoms. The molecule has 0 aromatic carbocycles. The Hall–Kier alpha value is -2.42. The van der Waals surface area contributed by atoms with Gasteiger partial charge in [-0.3, -0.25) is 5.32 Å². The molecule has 26 heavy (non-hydrogen) atoms. The standard InChI is InChI=1S/C17H26N6O3/c1-12(2)23-14(8-9-18-23)19-17(24)22-10-6-4-5-7-13(22)16-20-15(11-25-3)26-21-16/h8-9,12-13H,4-7,10-11H2,1-3H3,(H,19,24)/t13-/m1/s1. The summed E-state index contributed by atoms with van der Waals surface area (Å²) < 4.78 is 12.0. The van der Waals surface area contributed by atoms with Gasteiger partial charge in [0.15, 0.2) is 5.82 Å². The van der Waals surface area contributed by atoms with Crippen LogP contribution in [0.25, 0.3) is 0 Å². The lowest BCUT2D eigenvalue weighted by molar-refractivity contribution is 0.151. The van der Waals surface area contributed by atoms with E-state index in [-0.39, 0.29) is 24.7 Å². The van der Waals surface area contributed by atoms with Gasteiger partial charge in [0.25, 0.3) is 5.89 Å². The first-order valence-electron chi connectivity index (χ1n) is 9.02. The van der Waals surface area contributed by atoms with E-state index >= 15 is 0 Å². The summed E-state index contributed by atoms with van der Waals surface area (Å²) in [4.78, 5) is 19.2. The second kappa shape index (κ2) is 8.31. The van der Waals surface area contributed by atoms with Crippen molar-refractivity contribution in [3.05, 3.63) is 24.0 Å². The summed E-state index contributed by atoms with van der Waals surface area (Å²) in [6, 6.07) is 1.59. The van der Waals surface area contributed by atoms with Crippen LogP contribution in [-0.2, 0) is 11.3 Å². The molecule has 1 aliphatic rings. The number of amides is 2. The maximum absolute atomic E-state index is 13.0. The third kappa shape index (κ3) is 4.04. The van der Waals surface area contributed by atoms with Crippen molar-refractivity contribution in [1.29, 1.82) is 0 Å². The third-order valence-electron chi connectivity index (χ3n) is 4.46. The second-order valence-corrected chi connectivity index (χ2v) is 6.72. The topological polar surface area (TPSA) is 98.3 Å². The van der Waals surface area contributed by atoms with Crippen molar-refractivity contribution < 1.29 is 14.1 Å². The van der Waals surface area contributed by atoms with E-state index in [1.165, 1.54) is 0 Å². The Kier molecular flexibility index (Phi) is 5.87. The predicted octanol–water partition coefficient (Wildman–Crippen LogP) is 3.14. The molecule has 1 fully saturated rings. The summed E-state index contributed by atoms with van der Waals surface area (Å²) in [6.07, 6.45) is 5.55. The summed E-state index contributed by atoms with van der Waals surface area (Å²) in [6.45, 7) is 4.96. The number of carbonyl (C=O) groups is 1. The molecule has 2 aromatic rings. The number of ether oxygens (including phenoxy) is 1. The monoisotopic (exact) mass is 362 g/mol. The molecular formula is C17H26N6O3. The zero-order valence-electron chi connectivity index (χ0n) is 15.5. The first kappa shape index (κ1) is 18.4. The van der Waals surface area contributed by atoms with Gasteiger partial charge in [-0.2, -0.15) is 10.1 Å². The molecule has 1 saturated heterocycles. The number of hydrogen-bond donors (Lipinski definition) is 1. The summed E-state index contributed by atoms with van der Waals surface area (Å²) in [7, 11) is 1.58. The minimum absolute atomic E-state index is 0.161. The minimum atomic E-state index is -0.206. The number of hydrogen-bond acceptors (Lipinski definition) is 6. The highest BCUT2D eigenvalue weighted by Crippen LogP contribution is 2.29. The number of nitrogens with zero attached hydrogens (tertiary/aromatic N) is 5. The fourth-order valence-corrected chi connectivity index (χ4v) is 3.21. The van der Waals surface area contributed by atoms with E-state index in [0.29, 0.717) is 24.1 Å². The highest BCUT2D eigenvalue weighted by atomic mass is 16.5. The molecule has 9 nitrogen and oxygen atoms in total. The Labute approximate surface area is 152 Å². The van der Waals surface area contributed by atoms with Gasteiger partial charge in [0, 0.05) is 25.8 Å². The summed E-state index contributed by atoms with van der Waals surface area (Å²) in [5.74, 6) is 1.64. The molecule has 2 aromatic heterocycles. The number of rotatable bonds is 5. The number of urea groups is 1. The van der Waals surface area contributed by atoms with Crippen LogP contribution in [0.3, 0.4) is 0 Å². The zero-order valence-corrected chi connectivity index (χ0v) is 15.5. The van der Waals surface area contributed by atoms with Crippen LogP contribution >= 0.6 is 0 Å². The number of anilines is 1. The molecule has 142 valence electrons. The molecule has 2 amide bonds. The number of carbonyl (C=O) groups excluding carboxylic acids is 1. The first-order valence-corrected chi connectivity index (χ1v) is 9.02. The van der Waals surface area contributed by atoms with Gasteiger partial charge in [-0.05, 0) is 26.7 Å². The summed E-state index contributed by atoms with van der Waals surface area (Å²) in [5, 5.41) is 11.3. The average Bonchev–Trinajstić information content (AvgIpc) is 3.19. The van der Waals surface area contributed by atoms with Crippen molar-refractivity contribution in [1.82, 2.24) is 24.8 Å². The number of nitrogens with one attached hydrogen (secondary N) is 1. The van der Waals surface area contributed by atoms with Crippen molar-refractivity contribution >= 4 is 11.8 Å². The molecule has 0 radical (unpaired) electrons. The highest BCUT2D eigenvalue weighted by Gasteiger charge is 2.31. The van der Waals surface area contributed by atoms with Gasteiger partial charge < -0.3 is 14.2 Å². The van der Waals surface area contributed by atoms with Gasteiger partial charge in [0.1, 0.15) is 12.4 Å². The van der Waals surface area contributed by atoms with Crippen molar-refractivity contribution in [2.24, 2.45) is 0 Å². The van der Waals surface area contributed by atoms with Crippen LogP contribution < -0.4 is 5.32 Å². The molecule has 0 aliphatic carbocycles. The lowest BCUT2D eigenvalue weighted by Gasteiger charge is -2.28. The Bertz CT molecular complexity index is 726. The van der Waals surface area contributed by atoms with Crippen molar-refractivity contribution in [3.63, 3.8) is 0 Å². The van der Waals surface area contributed by atoms with E-state index < -0.39 is 0 Å². The molecule has 1 aliphatic heterocycles. The summed E-state index contributed by atoms with van der Waals surface area (Å²) in [5.41, 5.74) is 0. The van der Waals surface area contributed by atoms with Crippen LogP contribution in [0.2, 0.25) is 0 Å². The van der Waals surface area contributed by atoms with Gasteiger partial charge in [-0.1, -0.05) is 18.0 Å². The largest absolute Gasteiger partial charge is 0.375 e. The molecule has 9 heteroatoms. The SMILES string of the molecule is COCc1nc([C@H]2CCCCCN2C(=O)Nc2ccnn2C(C)C)no1. The maximum atomic E-state index is 13.0. The van der Waals surface area contributed by atoms with Crippen molar-refractivity contribution in [2.75, 3.05) is 19.0 Å². The van der Waals surface area contributed by atoms with E-state index in [1.54, 1.807) is 29.0 Å². The van der Waals surface area contributed by atoms with Crippen LogP contribution in [0.15, 0.2) is 16.8 Å². The van der Waals surface area contributed by atoms with Crippen LogP contribution in [0.5, 0.6) is 0 Å². The molecule has 3 heterocycles. The Morgan fingerprint density at radius 1 is 1.42 bits per heavy atom. The molecular weight excluding hydrogens is 336 g/mol. The van der Waals surface area contributed by atoms with Crippen molar-refractivity contribution in [3.8, 4) is 0 Å². The van der Waals surface area contributed by atoms with Gasteiger partial charge >= 0.3 is 6.03 Å². The van der Waals surface area contributed by atoms with E-state index in [1.807, 2.05) is 13.8 Å². The van der Waals surface area contributed by atoms with E-state index in [0.717, 1.165) is 25.7 Å². The molecule has 0 spiro atoms. The van der Waals surface area contributed by atoms with E-state index in [2.05, 4.69) is 20.6 Å². The van der Waals surface area contributed by atoms with Gasteiger partial charge in [0.2, 0.25) is 0 Å². The first-order chi connectivity index (χ1) is 12.6. The molecule has 0 saturated carbocycles. The number of methoxy groups -OCH3 is 1. The highest BCUT2D eigenvalue weighted by molar-refractivity contribution is 5.88. The smallest absolute Gasteiger partial charge is 0.323 e. The van der Waals surface area contributed by atoms with Crippen LogP contribution in [-0.4, -0.2) is 44.5 Å². The number of aromatic nitrogens is 4. The fourth-order valence-electron chi connectivity index (χ4n) is 3.21. The Morgan fingerprint density at radius 2 is 2.27 bits per heavy atom. The molecule has 1 N–H and O–H groups in total. The molecule has 0 unspecified atom stereocenters. The predicted molar refractivity (Wildman–Crippen MR) is 94.6 cm³/mol. The van der Waals surface area contributed by atoms with Gasteiger partial charge in [0.05, 0.1) is 12.2 Å². The lowest BCUT2D eigenvalue weighted by Crippen LogP contribution is -2.39. The Balaban J connectivity index is 1.79. The van der Waals surface area contributed by atoms with Crippen molar-refractivity contribution in [2.45, 2.75) is 58.2 Å². The van der Waals surface area contributed by atoms with Gasteiger partial charge in [-0.15, -0.1) is 0 Å². The van der Waals surface area contributed by atoms with Gasteiger partial charge in [-0.25, -0.2) is 9.48 Å². The molecule has 1 atom stereocenters. The minimum Gasteiger partial charge on any atom is -0.375 e. The van der Waals surface area contributed by atoms with E-state index in [4.69, 9.17) is 9.26 Å². The van der Waals surface area contributed by atoms with E-state index in [9.17, 15) is 4.79 Å². The fraction of sp³-hybridized carbons (Fsp3) is 0.647. The maximum Gasteiger partial charge on any atom is 0.323 e. The number of likely N-dealkylation sites (tertiary alicyclic amines) is 1. The lowest BCUT2D eigenvalue weighted by atomic mass is 10.1. The summed E-state index contributed by atoms with van der Waals surface area (Å²) >= 11 is 0. The van der Waals surface area contributed by atoms with Crippen LogP contribution in [0.4, 0.5) is 10.6 Å². The average molecular weight is 362 g/mol. The quantitative estimate of drug-likeness (QED) is 0.877. The normalized spacial score (nSPS) is 18.2. The third-order valence-corrected chi connectivity index (χ3v) is 4.46. The Morgan fingerprint density at radius 3 is 3.04 bits per heavy atom. The second-order valence-electron chi connectivity index (χ2n) is 6.72. The van der Waals surface area contributed by atoms with Crippen LogP contribution in [0, 0.1) is 0 Å². The molecule has 3 rings (SSSR count). The zero-order chi connectivity index (χ0) is 18.5.